The van der Waals surface area contributed by atoms with Crippen LogP contribution < -0.4 is 5.32 Å². The molecule has 0 bridgehead atoms. The Morgan fingerprint density at radius 1 is 1.33 bits per heavy atom. The average molecular weight is 263 g/mol. The molecule has 0 aliphatic heterocycles. The van der Waals surface area contributed by atoms with Gasteiger partial charge in [0.2, 0.25) is 0 Å². The topological polar surface area (TPSA) is 12.0 Å². The van der Waals surface area contributed by atoms with E-state index in [2.05, 4.69) is 24.5 Å². The van der Waals surface area contributed by atoms with Crippen LogP contribution in [-0.4, -0.2) is 6.54 Å². The largest absolute Gasteiger partial charge is 0.313 e. The molecule has 2 aromatic rings. The Morgan fingerprint density at radius 2 is 2.17 bits per heavy atom. The van der Waals surface area contributed by atoms with Gasteiger partial charge < -0.3 is 5.32 Å². The molecule has 18 heavy (non-hydrogen) atoms. The van der Waals surface area contributed by atoms with Crippen molar-refractivity contribution in [2.24, 2.45) is 0 Å². The van der Waals surface area contributed by atoms with Gasteiger partial charge in [0.05, 0.1) is 0 Å². The van der Waals surface area contributed by atoms with Crippen molar-refractivity contribution >= 4 is 11.3 Å². The highest BCUT2D eigenvalue weighted by Gasteiger charge is 2.09. The first-order valence-electron chi connectivity index (χ1n) is 6.26. The summed E-state index contributed by atoms with van der Waals surface area (Å²) < 4.78 is 13.2. The second-order valence-corrected chi connectivity index (χ2v) is 5.28. The molecule has 0 radical (unpaired) electrons. The fourth-order valence-electron chi connectivity index (χ4n) is 1.94. The van der Waals surface area contributed by atoms with E-state index in [4.69, 9.17) is 0 Å². The zero-order valence-electron chi connectivity index (χ0n) is 10.8. The maximum absolute atomic E-state index is 13.2. The van der Waals surface area contributed by atoms with Crippen LogP contribution in [0.2, 0.25) is 0 Å². The molecule has 1 aromatic heterocycles. The molecule has 1 heterocycles. The van der Waals surface area contributed by atoms with Gasteiger partial charge in [-0.2, -0.15) is 0 Å². The first-order valence-corrected chi connectivity index (χ1v) is 7.14. The maximum atomic E-state index is 13.2. The molecular formula is C15H18FNS. The summed E-state index contributed by atoms with van der Waals surface area (Å²) in [5.41, 5.74) is 3.54. The molecule has 0 spiro atoms. The summed E-state index contributed by atoms with van der Waals surface area (Å²) >= 11 is 1.69. The number of hydrogen-bond donors (Lipinski definition) is 1. The van der Waals surface area contributed by atoms with Crippen LogP contribution in [0.25, 0.3) is 10.4 Å². The fourth-order valence-corrected chi connectivity index (χ4v) is 3.03. The van der Waals surface area contributed by atoms with Crippen LogP contribution in [-0.2, 0) is 6.54 Å². The molecule has 1 N–H and O–H groups in total. The highest BCUT2D eigenvalue weighted by atomic mass is 32.1. The standard InChI is InChI=1S/C15H18FNS/c1-3-7-17-9-13-10-18-15(11(13)2)12-5-4-6-14(16)8-12/h4-6,8,10,17H,3,7,9H2,1-2H3. The average Bonchev–Trinajstić information content (AvgIpc) is 2.72. The zero-order chi connectivity index (χ0) is 13.0. The van der Waals surface area contributed by atoms with E-state index in [1.807, 2.05) is 6.07 Å². The number of benzene rings is 1. The van der Waals surface area contributed by atoms with Gasteiger partial charge in [-0.1, -0.05) is 19.1 Å². The van der Waals surface area contributed by atoms with Crippen LogP contribution in [0.4, 0.5) is 4.39 Å². The minimum Gasteiger partial charge on any atom is -0.313 e. The minimum atomic E-state index is -0.175. The van der Waals surface area contributed by atoms with Crippen LogP contribution in [0.3, 0.4) is 0 Å². The second kappa shape index (κ2) is 6.12. The lowest BCUT2D eigenvalue weighted by Gasteiger charge is -2.04. The van der Waals surface area contributed by atoms with Gasteiger partial charge in [0.15, 0.2) is 0 Å². The van der Waals surface area contributed by atoms with E-state index < -0.39 is 0 Å². The third kappa shape index (κ3) is 2.98. The molecule has 0 saturated carbocycles. The van der Waals surface area contributed by atoms with Crippen LogP contribution >= 0.6 is 11.3 Å². The number of halogens is 1. The number of hydrogen-bond acceptors (Lipinski definition) is 2. The molecule has 0 atom stereocenters. The monoisotopic (exact) mass is 263 g/mol. The maximum Gasteiger partial charge on any atom is 0.123 e. The highest BCUT2D eigenvalue weighted by Crippen LogP contribution is 2.32. The van der Waals surface area contributed by atoms with Gasteiger partial charge in [0.1, 0.15) is 5.82 Å². The quantitative estimate of drug-likeness (QED) is 0.790. The molecule has 3 heteroatoms. The molecule has 0 unspecified atom stereocenters. The van der Waals surface area contributed by atoms with Crippen molar-refractivity contribution in [3.8, 4) is 10.4 Å². The summed E-state index contributed by atoms with van der Waals surface area (Å²) in [4.78, 5) is 1.17. The van der Waals surface area contributed by atoms with Crippen molar-refractivity contribution in [3.05, 3.63) is 46.6 Å². The predicted octanol–water partition coefficient (Wildman–Crippen LogP) is 4.36. The summed E-state index contributed by atoms with van der Waals surface area (Å²) in [7, 11) is 0. The minimum absolute atomic E-state index is 0.175. The molecule has 2 rings (SSSR count). The molecular weight excluding hydrogens is 245 g/mol. The lowest BCUT2D eigenvalue weighted by molar-refractivity contribution is 0.628. The van der Waals surface area contributed by atoms with Crippen molar-refractivity contribution in [2.75, 3.05) is 6.54 Å². The Labute approximate surface area is 112 Å². The smallest absolute Gasteiger partial charge is 0.123 e. The van der Waals surface area contributed by atoms with Gasteiger partial charge in [0, 0.05) is 11.4 Å². The molecule has 1 aromatic carbocycles. The molecule has 0 fully saturated rings. The SMILES string of the molecule is CCCNCc1csc(-c2cccc(F)c2)c1C. The van der Waals surface area contributed by atoms with E-state index in [1.54, 1.807) is 23.5 Å². The van der Waals surface area contributed by atoms with E-state index >= 15 is 0 Å². The molecule has 0 aliphatic carbocycles. The van der Waals surface area contributed by atoms with Crippen molar-refractivity contribution in [3.63, 3.8) is 0 Å². The molecule has 0 amide bonds. The van der Waals surface area contributed by atoms with Crippen LogP contribution in [0.1, 0.15) is 24.5 Å². The van der Waals surface area contributed by atoms with E-state index in [-0.39, 0.29) is 5.82 Å². The van der Waals surface area contributed by atoms with Gasteiger partial charge in [-0.05, 0) is 54.1 Å². The van der Waals surface area contributed by atoms with E-state index in [0.29, 0.717) is 0 Å². The Balaban J connectivity index is 2.20. The van der Waals surface area contributed by atoms with Crippen LogP contribution in [0.15, 0.2) is 29.6 Å². The van der Waals surface area contributed by atoms with Gasteiger partial charge in [-0.15, -0.1) is 11.3 Å². The third-order valence-corrected chi connectivity index (χ3v) is 4.15. The Morgan fingerprint density at radius 3 is 2.89 bits per heavy atom. The summed E-state index contributed by atoms with van der Waals surface area (Å²) in [5, 5.41) is 5.57. The van der Waals surface area contributed by atoms with E-state index in [1.165, 1.54) is 22.1 Å². The first kappa shape index (κ1) is 13.2. The van der Waals surface area contributed by atoms with Gasteiger partial charge in [-0.3, -0.25) is 0 Å². The van der Waals surface area contributed by atoms with Crippen LogP contribution in [0.5, 0.6) is 0 Å². The van der Waals surface area contributed by atoms with Gasteiger partial charge in [0.25, 0.3) is 0 Å². The first-order chi connectivity index (χ1) is 8.72. The van der Waals surface area contributed by atoms with E-state index in [9.17, 15) is 4.39 Å². The molecule has 0 aliphatic rings. The summed E-state index contributed by atoms with van der Waals surface area (Å²) in [6.45, 7) is 6.20. The lowest BCUT2D eigenvalue weighted by Crippen LogP contribution is -2.13. The molecule has 1 nitrogen and oxygen atoms in total. The summed E-state index contributed by atoms with van der Waals surface area (Å²) in [6, 6.07) is 6.81. The molecule has 96 valence electrons. The fraction of sp³-hybridized carbons (Fsp3) is 0.333. The van der Waals surface area contributed by atoms with Crippen LogP contribution in [0, 0.1) is 12.7 Å². The van der Waals surface area contributed by atoms with Crippen molar-refractivity contribution < 1.29 is 4.39 Å². The molecule has 0 saturated heterocycles. The number of rotatable bonds is 5. The van der Waals surface area contributed by atoms with Crippen molar-refractivity contribution in [1.82, 2.24) is 5.32 Å². The predicted molar refractivity (Wildman–Crippen MR) is 76.4 cm³/mol. The summed E-state index contributed by atoms with van der Waals surface area (Å²) in [6.07, 6.45) is 1.14. The Bertz CT molecular complexity index is 519. The van der Waals surface area contributed by atoms with Crippen molar-refractivity contribution in [2.45, 2.75) is 26.8 Å². The van der Waals surface area contributed by atoms with E-state index in [0.717, 1.165) is 25.1 Å². The van der Waals surface area contributed by atoms with Crippen molar-refractivity contribution in [1.29, 1.82) is 0 Å². The van der Waals surface area contributed by atoms with Gasteiger partial charge in [-0.25, -0.2) is 4.39 Å². The number of thiophene rings is 1. The number of nitrogens with one attached hydrogen (secondary N) is 1. The highest BCUT2D eigenvalue weighted by molar-refractivity contribution is 7.14. The van der Waals surface area contributed by atoms with Gasteiger partial charge >= 0.3 is 0 Å². The third-order valence-electron chi connectivity index (χ3n) is 2.97. The Kier molecular flexibility index (Phi) is 4.50. The normalized spacial score (nSPS) is 10.8. The lowest BCUT2D eigenvalue weighted by atomic mass is 10.1. The second-order valence-electron chi connectivity index (χ2n) is 4.40. The Hall–Kier alpha value is -1.19. The summed E-state index contributed by atoms with van der Waals surface area (Å²) in [5.74, 6) is -0.175. The zero-order valence-corrected chi connectivity index (χ0v) is 11.6.